The fourth-order valence-corrected chi connectivity index (χ4v) is 2.65. The van der Waals surface area contributed by atoms with Gasteiger partial charge >= 0.3 is 0 Å². The number of methoxy groups -OCH3 is 1. The summed E-state index contributed by atoms with van der Waals surface area (Å²) < 4.78 is 5.72. The molecule has 0 spiro atoms. The Labute approximate surface area is 104 Å². The number of halogens is 1. The molecule has 16 heavy (non-hydrogen) atoms. The number of nitrogens with zero attached hydrogens (tertiary/aromatic N) is 2. The molecule has 2 rings (SSSR count). The lowest BCUT2D eigenvalue weighted by Gasteiger charge is -2.00. The van der Waals surface area contributed by atoms with E-state index in [1.165, 1.54) is 30.8 Å². The zero-order valence-corrected chi connectivity index (χ0v) is 10.7. The first kappa shape index (κ1) is 11.2. The smallest absolute Gasteiger partial charge is 0.222 e. The van der Waals surface area contributed by atoms with E-state index in [2.05, 4.69) is 25.9 Å². The van der Waals surface area contributed by atoms with E-state index in [4.69, 9.17) is 4.74 Å². The Balaban J connectivity index is 2.38. The van der Waals surface area contributed by atoms with Gasteiger partial charge in [0.2, 0.25) is 11.7 Å². The number of hydrogen-bond donors (Lipinski definition) is 0. The lowest BCUT2D eigenvalue weighted by atomic mass is 10.2. The summed E-state index contributed by atoms with van der Waals surface area (Å²) in [4.78, 5) is 20.4. The zero-order chi connectivity index (χ0) is 11.5. The molecule has 0 N–H and O–H groups in total. The second-order valence-corrected chi connectivity index (χ2v) is 4.64. The molecular weight excluding hydrogens is 292 g/mol. The molecule has 2 aromatic rings. The molecule has 6 heteroatoms. The highest BCUT2D eigenvalue weighted by molar-refractivity contribution is 9.10. The second kappa shape index (κ2) is 4.71. The second-order valence-electron chi connectivity index (χ2n) is 2.87. The van der Waals surface area contributed by atoms with Crippen molar-refractivity contribution in [3.8, 4) is 5.88 Å². The van der Waals surface area contributed by atoms with Gasteiger partial charge in [0, 0.05) is 10.5 Å². The third-order valence-electron chi connectivity index (χ3n) is 1.91. The lowest BCUT2D eigenvalue weighted by Crippen LogP contribution is -2.03. The van der Waals surface area contributed by atoms with Crippen LogP contribution in [0.4, 0.5) is 0 Å². The van der Waals surface area contributed by atoms with E-state index in [1.54, 1.807) is 0 Å². The summed E-state index contributed by atoms with van der Waals surface area (Å²) in [6.45, 7) is 0. The molecule has 0 unspecified atom stereocenters. The molecule has 2 aromatic heterocycles. The van der Waals surface area contributed by atoms with Crippen molar-refractivity contribution in [3.63, 3.8) is 0 Å². The topological polar surface area (TPSA) is 52.1 Å². The van der Waals surface area contributed by atoms with Crippen LogP contribution in [-0.2, 0) is 0 Å². The number of carbonyl (C=O) groups excluding carboxylic acids is 1. The summed E-state index contributed by atoms with van der Waals surface area (Å²) in [6.07, 6.45) is 1.31. The van der Waals surface area contributed by atoms with Crippen molar-refractivity contribution in [2.45, 2.75) is 0 Å². The van der Waals surface area contributed by atoms with Crippen LogP contribution in [0, 0.1) is 0 Å². The molecule has 0 amide bonds. The Morgan fingerprint density at radius 2 is 2.31 bits per heavy atom. The maximum atomic E-state index is 12.0. The average molecular weight is 299 g/mol. The van der Waals surface area contributed by atoms with E-state index in [1.807, 2.05) is 11.4 Å². The van der Waals surface area contributed by atoms with Gasteiger partial charge in [-0.15, -0.1) is 11.3 Å². The fraction of sp³-hybridized carbons (Fsp3) is 0.100. The van der Waals surface area contributed by atoms with Crippen LogP contribution in [0.3, 0.4) is 0 Å². The van der Waals surface area contributed by atoms with Crippen molar-refractivity contribution in [2.24, 2.45) is 0 Å². The predicted octanol–water partition coefficient (Wildman–Crippen LogP) is 2.54. The maximum absolute atomic E-state index is 12.0. The van der Waals surface area contributed by atoms with E-state index in [9.17, 15) is 4.79 Å². The standard InChI is InChI=1S/C10H7BrN2O2S/c1-15-8-4-7(12-5-13-8)9(14)10-6(11)2-3-16-10/h2-5H,1H3. The highest BCUT2D eigenvalue weighted by Crippen LogP contribution is 2.25. The molecule has 2 heterocycles. The van der Waals surface area contributed by atoms with Crippen molar-refractivity contribution in [3.05, 3.63) is 38.9 Å². The van der Waals surface area contributed by atoms with Crippen molar-refractivity contribution < 1.29 is 9.53 Å². The van der Waals surface area contributed by atoms with Crippen LogP contribution in [0.5, 0.6) is 5.88 Å². The molecule has 0 fully saturated rings. The van der Waals surface area contributed by atoms with Gasteiger partial charge in [0.05, 0.1) is 12.0 Å². The average Bonchev–Trinajstić information content (AvgIpc) is 2.74. The first-order valence-corrected chi connectivity index (χ1v) is 6.03. The molecule has 4 nitrogen and oxygen atoms in total. The monoisotopic (exact) mass is 298 g/mol. The highest BCUT2D eigenvalue weighted by Gasteiger charge is 2.16. The van der Waals surface area contributed by atoms with Crippen LogP contribution < -0.4 is 4.74 Å². The van der Waals surface area contributed by atoms with Gasteiger partial charge < -0.3 is 4.74 Å². The number of ketones is 1. The van der Waals surface area contributed by atoms with Crippen LogP contribution in [0.2, 0.25) is 0 Å². The first-order chi connectivity index (χ1) is 7.72. The Kier molecular flexibility index (Phi) is 3.31. The summed E-state index contributed by atoms with van der Waals surface area (Å²) in [7, 11) is 1.50. The molecule has 0 radical (unpaired) electrons. The highest BCUT2D eigenvalue weighted by atomic mass is 79.9. The number of ether oxygens (including phenoxy) is 1. The minimum absolute atomic E-state index is 0.137. The van der Waals surface area contributed by atoms with Crippen LogP contribution in [0.25, 0.3) is 0 Å². The summed E-state index contributed by atoms with van der Waals surface area (Å²) in [5.41, 5.74) is 0.329. The third-order valence-corrected chi connectivity index (χ3v) is 3.74. The molecule has 0 aliphatic heterocycles. The Morgan fingerprint density at radius 1 is 1.50 bits per heavy atom. The van der Waals surface area contributed by atoms with Crippen molar-refractivity contribution in [1.29, 1.82) is 0 Å². The predicted molar refractivity (Wildman–Crippen MR) is 64.0 cm³/mol. The quantitative estimate of drug-likeness (QED) is 0.817. The van der Waals surface area contributed by atoms with Gasteiger partial charge in [-0.1, -0.05) is 0 Å². The number of carbonyl (C=O) groups is 1. The lowest BCUT2D eigenvalue weighted by molar-refractivity contribution is 0.103. The molecule has 82 valence electrons. The van der Waals surface area contributed by atoms with Gasteiger partial charge in [-0.2, -0.15) is 0 Å². The van der Waals surface area contributed by atoms with Crippen molar-refractivity contribution >= 4 is 33.0 Å². The molecule has 0 aliphatic rings. The van der Waals surface area contributed by atoms with Crippen LogP contribution in [0.1, 0.15) is 15.4 Å². The molecule has 0 saturated carbocycles. The van der Waals surface area contributed by atoms with E-state index < -0.39 is 0 Å². The maximum Gasteiger partial charge on any atom is 0.222 e. The molecule has 0 bridgehead atoms. The normalized spacial score (nSPS) is 10.1. The number of thiophene rings is 1. The summed E-state index contributed by atoms with van der Waals surface area (Å²) in [5.74, 6) is 0.244. The van der Waals surface area contributed by atoms with Crippen LogP contribution in [0.15, 0.2) is 28.3 Å². The number of hydrogen-bond acceptors (Lipinski definition) is 5. The first-order valence-electron chi connectivity index (χ1n) is 4.36. The molecule has 0 atom stereocenters. The van der Waals surface area contributed by atoms with Crippen LogP contribution in [-0.4, -0.2) is 22.9 Å². The van der Waals surface area contributed by atoms with Gasteiger partial charge in [0.25, 0.3) is 0 Å². The number of rotatable bonds is 3. The van der Waals surface area contributed by atoms with E-state index in [0.29, 0.717) is 16.5 Å². The van der Waals surface area contributed by atoms with Gasteiger partial charge in [-0.05, 0) is 27.4 Å². The minimum Gasteiger partial charge on any atom is -0.481 e. The molecular formula is C10H7BrN2O2S. The minimum atomic E-state index is -0.137. The van der Waals surface area contributed by atoms with E-state index in [0.717, 1.165) is 4.47 Å². The van der Waals surface area contributed by atoms with Gasteiger partial charge in [0.15, 0.2) is 0 Å². The third kappa shape index (κ3) is 2.12. The zero-order valence-electron chi connectivity index (χ0n) is 8.31. The molecule has 0 aliphatic carbocycles. The van der Waals surface area contributed by atoms with Crippen LogP contribution >= 0.6 is 27.3 Å². The van der Waals surface area contributed by atoms with Gasteiger partial charge in [-0.3, -0.25) is 4.79 Å². The Morgan fingerprint density at radius 3 is 2.94 bits per heavy atom. The summed E-state index contributed by atoms with van der Waals surface area (Å²) in [6, 6.07) is 3.35. The number of aromatic nitrogens is 2. The Bertz CT molecular complexity index is 527. The Hall–Kier alpha value is -1.27. The SMILES string of the molecule is COc1cc(C(=O)c2sccc2Br)ncn1. The summed E-state index contributed by atoms with van der Waals surface area (Å²) >= 11 is 4.68. The van der Waals surface area contributed by atoms with Crippen molar-refractivity contribution in [1.82, 2.24) is 9.97 Å². The molecule has 0 aromatic carbocycles. The summed E-state index contributed by atoms with van der Waals surface area (Å²) in [5, 5.41) is 1.84. The largest absolute Gasteiger partial charge is 0.481 e. The van der Waals surface area contributed by atoms with E-state index >= 15 is 0 Å². The fourth-order valence-electron chi connectivity index (χ4n) is 1.15. The van der Waals surface area contributed by atoms with Gasteiger partial charge in [-0.25, -0.2) is 9.97 Å². The van der Waals surface area contributed by atoms with Crippen molar-refractivity contribution in [2.75, 3.05) is 7.11 Å². The van der Waals surface area contributed by atoms with E-state index in [-0.39, 0.29) is 5.78 Å². The van der Waals surface area contributed by atoms with Gasteiger partial charge in [0.1, 0.15) is 12.0 Å². The molecule has 0 saturated heterocycles.